The molecule has 0 aliphatic carbocycles. The molecule has 1 aliphatic heterocycles. The Labute approximate surface area is 153 Å². The van der Waals surface area contributed by atoms with Gasteiger partial charge in [-0.1, -0.05) is 42.5 Å². The van der Waals surface area contributed by atoms with E-state index < -0.39 is 0 Å². The molecule has 0 amide bonds. The molecule has 0 bridgehead atoms. The molecule has 2 heterocycles. The van der Waals surface area contributed by atoms with Gasteiger partial charge in [-0.3, -0.25) is 0 Å². The molecule has 0 radical (unpaired) electrons. The summed E-state index contributed by atoms with van der Waals surface area (Å²) in [7, 11) is 0. The van der Waals surface area contributed by atoms with E-state index in [1.54, 1.807) is 0 Å². The highest BCUT2D eigenvalue weighted by Crippen LogP contribution is 2.34. The van der Waals surface area contributed by atoms with E-state index in [1.165, 1.54) is 0 Å². The number of hydrogen-bond donors (Lipinski definition) is 1. The van der Waals surface area contributed by atoms with E-state index in [-0.39, 0.29) is 6.10 Å². The number of phenolic OH excluding ortho intramolecular Hbond substituents is 1. The fourth-order valence-corrected chi connectivity index (χ4v) is 3.34. The molecule has 1 N–H and O–H groups in total. The molecule has 4 nitrogen and oxygen atoms in total. The second-order valence-electron chi connectivity index (χ2n) is 6.72. The van der Waals surface area contributed by atoms with E-state index in [1.807, 2.05) is 67.7 Å². The highest BCUT2D eigenvalue weighted by atomic mass is 16.5. The van der Waals surface area contributed by atoms with E-state index in [2.05, 4.69) is 16.0 Å². The molecule has 0 saturated carbocycles. The first kappa shape index (κ1) is 16.5. The predicted molar refractivity (Wildman–Crippen MR) is 104 cm³/mol. The van der Waals surface area contributed by atoms with Crippen molar-refractivity contribution in [3.05, 3.63) is 72.4 Å². The Hall–Kier alpha value is -3.01. The molecule has 26 heavy (non-hydrogen) atoms. The summed E-state index contributed by atoms with van der Waals surface area (Å²) in [5.74, 6) is 0.964. The molecule has 1 aliphatic rings. The average Bonchev–Trinajstić information content (AvgIpc) is 3.12. The second kappa shape index (κ2) is 7.08. The van der Waals surface area contributed by atoms with Crippen molar-refractivity contribution >= 4 is 5.69 Å². The molecule has 1 saturated heterocycles. The quantitative estimate of drug-likeness (QED) is 0.759. The zero-order valence-corrected chi connectivity index (χ0v) is 14.8. The van der Waals surface area contributed by atoms with Crippen LogP contribution >= 0.6 is 0 Å². The molecule has 4 rings (SSSR count). The van der Waals surface area contributed by atoms with Crippen LogP contribution in [0.5, 0.6) is 11.6 Å². The lowest BCUT2D eigenvalue weighted by molar-refractivity contribution is 0.216. The van der Waals surface area contributed by atoms with Gasteiger partial charge in [-0.2, -0.15) is 0 Å². The number of benzene rings is 2. The Morgan fingerprint density at radius 2 is 1.88 bits per heavy atom. The van der Waals surface area contributed by atoms with E-state index >= 15 is 0 Å². The lowest BCUT2D eigenvalue weighted by atomic mass is 10.0. The fraction of sp³-hybridized carbons (Fsp3) is 0.227. The van der Waals surface area contributed by atoms with Crippen LogP contribution in [0.1, 0.15) is 12.0 Å². The van der Waals surface area contributed by atoms with Gasteiger partial charge >= 0.3 is 0 Å². The van der Waals surface area contributed by atoms with Crippen molar-refractivity contribution < 1.29 is 9.84 Å². The van der Waals surface area contributed by atoms with Crippen LogP contribution in [-0.2, 0) is 0 Å². The third-order valence-electron chi connectivity index (χ3n) is 4.74. The first-order valence-corrected chi connectivity index (χ1v) is 8.92. The van der Waals surface area contributed by atoms with Crippen LogP contribution in [0.15, 0.2) is 66.9 Å². The monoisotopic (exact) mass is 346 g/mol. The molecule has 0 unspecified atom stereocenters. The number of aromatic hydroxyl groups is 1. The minimum atomic E-state index is 0.0819. The van der Waals surface area contributed by atoms with Crippen molar-refractivity contribution in [2.75, 3.05) is 18.0 Å². The number of anilines is 1. The van der Waals surface area contributed by atoms with Crippen LogP contribution in [0.3, 0.4) is 0 Å². The van der Waals surface area contributed by atoms with Gasteiger partial charge in [0, 0.05) is 25.2 Å². The summed E-state index contributed by atoms with van der Waals surface area (Å²) in [4.78, 5) is 6.48. The van der Waals surface area contributed by atoms with Crippen LogP contribution < -0.4 is 9.64 Å². The summed E-state index contributed by atoms with van der Waals surface area (Å²) in [5.41, 5.74) is 4.09. The van der Waals surface area contributed by atoms with Crippen LogP contribution in [0.2, 0.25) is 0 Å². The largest absolute Gasteiger partial charge is 0.506 e. The van der Waals surface area contributed by atoms with Crippen LogP contribution in [-0.4, -0.2) is 29.3 Å². The maximum absolute atomic E-state index is 10.5. The summed E-state index contributed by atoms with van der Waals surface area (Å²) in [6.07, 6.45) is 2.81. The number of aryl methyl sites for hydroxylation is 1. The summed E-state index contributed by atoms with van der Waals surface area (Å²) in [5, 5.41) is 10.5. The number of ether oxygens (including phenoxy) is 1. The van der Waals surface area contributed by atoms with Crippen molar-refractivity contribution in [3.8, 4) is 22.8 Å². The minimum Gasteiger partial charge on any atom is -0.506 e. The lowest BCUT2D eigenvalue weighted by Crippen LogP contribution is -2.24. The van der Waals surface area contributed by atoms with Crippen molar-refractivity contribution in [3.63, 3.8) is 0 Å². The van der Waals surface area contributed by atoms with Gasteiger partial charge in [-0.15, -0.1) is 0 Å². The number of nitrogens with zero attached hydrogens (tertiary/aromatic N) is 2. The van der Waals surface area contributed by atoms with Gasteiger partial charge in [0.1, 0.15) is 11.9 Å². The Morgan fingerprint density at radius 1 is 1.04 bits per heavy atom. The summed E-state index contributed by atoms with van der Waals surface area (Å²) >= 11 is 0. The first-order valence-electron chi connectivity index (χ1n) is 8.92. The second-order valence-corrected chi connectivity index (χ2v) is 6.72. The number of phenols is 1. The summed E-state index contributed by atoms with van der Waals surface area (Å²) < 4.78 is 5.98. The van der Waals surface area contributed by atoms with E-state index in [0.29, 0.717) is 11.6 Å². The first-order chi connectivity index (χ1) is 12.7. The van der Waals surface area contributed by atoms with Gasteiger partial charge in [0.15, 0.2) is 0 Å². The van der Waals surface area contributed by atoms with Gasteiger partial charge in [-0.05, 0) is 35.7 Å². The van der Waals surface area contributed by atoms with E-state index in [9.17, 15) is 5.11 Å². The maximum Gasteiger partial charge on any atom is 0.213 e. The maximum atomic E-state index is 10.5. The van der Waals surface area contributed by atoms with Gasteiger partial charge in [-0.25, -0.2) is 4.98 Å². The van der Waals surface area contributed by atoms with Gasteiger partial charge in [0.2, 0.25) is 5.88 Å². The predicted octanol–water partition coefficient (Wildman–Crippen LogP) is 4.42. The molecular formula is C22H22N2O2. The fourth-order valence-electron chi connectivity index (χ4n) is 3.34. The zero-order valence-electron chi connectivity index (χ0n) is 14.8. The zero-order chi connectivity index (χ0) is 17.9. The van der Waals surface area contributed by atoms with Crippen molar-refractivity contribution in [2.24, 2.45) is 0 Å². The topological polar surface area (TPSA) is 45.6 Å². The molecule has 1 atom stereocenters. The minimum absolute atomic E-state index is 0.0819. The van der Waals surface area contributed by atoms with Gasteiger partial charge in [0.05, 0.1) is 12.2 Å². The Bertz CT molecular complexity index is 878. The molecular weight excluding hydrogens is 324 g/mol. The SMILES string of the molecule is Cc1ccc(O[C@H]2CCN(c3ccc(-c4ccccc4)cc3O)C2)nc1. The number of rotatable bonds is 4. The summed E-state index contributed by atoms with van der Waals surface area (Å²) in [6, 6.07) is 19.9. The molecule has 1 fully saturated rings. The van der Waals surface area contributed by atoms with E-state index in [4.69, 9.17) is 4.74 Å². The van der Waals surface area contributed by atoms with Crippen molar-refractivity contribution in [1.82, 2.24) is 4.98 Å². The third-order valence-corrected chi connectivity index (χ3v) is 4.74. The smallest absolute Gasteiger partial charge is 0.213 e. The van der Waals surface area contributed by atoms with Crippen LogP contribution in [0.25, 0.3) is 11.1 Å². The normalized spacial score (nSPS) is 16.7. The lowest BCUT2D eigenvalue weighted by Gasteiger charge is -2.20. The van der Waals surface area contributed by atoms with Crippen molar-refractivity contribution in [2.45, 2.75) is 19.4 Å². The average molecular weight is 346 g/mol. The Balaban J connectivity index is 1.46. The van der Waals surface area contributed by atoms with Crippen LogP contribution in [0.4, 0.5) is 5.69 Å². The highest BCUT2D eigenvalue weighted by molar-refractivity contribution is 5.71. The van der Waals surface area contributed by atoms with Gasteiger partial charge < -0.3 is 14.7 Å². The van der Waals surface area contributed by atoms with Crippen molar-refractivity contribution in [1.29, 1.82) is 0 Å². The number of pyridine rings is 1. The van der Waals surface area contributed by atoms with E-state index in [0.717, 1.165) is 41.9 Å². The molecule has 1 aromatic heterocycles. The molecule has 0 spiro atoms. The Morgan fingerprint density at radius 3 is 2.62 bits per heavy atom. The summed E-state index contributed by atoms with van der Waals surface area (Å²) in [6.45, 7) is 3.61. The molecule has 4 heteroatoms. The molecule has 132 valence electrons. The standard InChI is InChI=1S/C22H22N2O2/c1-16-7-10-22(23-14-16)26-19-11-12-24(15-19)20-9-8-18(13-21(20)25)17-5-3-2-4-6-17/h2-10,13-14,19,25H,11-12,15H2,1H3/t19-/m0/s1. The highest BCUT2D eigenvalue weighted by Gasteiger charge is 2.26. The molecule has 2 aromatic carbocycles. The van der Waals surface area contributed by atoms with Gasteiger partial charge in [0.25, 0.3) is 0 Å². The van der Waals surface area contributed by atoms with Crippen LogP contribution in [0, 0.1) is 6.92 Å². The number of hydrogen-bond acceptors (Lipinski definition) is 4. The Kier molecular flexibility index (Phi) is 4.48. The number of aromatic nitrogens is 1. The molecule has 3 aromatic rings. The third kappa shape index (κ3) is 3.49.